The van der Waals surface area contributed by atoms with Gasteiger partial charge in [0, 0.05) is 0 Å². The monoisotopic (exact) mass is 293 g/mol. The van der Waals surface area contributed by atoms with Gasteiger partial charge in [0.15, 0.2) is 5.69 Å². The molecule has 0 spiro atoms. The van der Waals surface area contributed by atoms with Gasteiger partial charge in [0.25, 0.3) is 0 Å². The van der Waals surface area contributed by atoms with Gasteiger partial charge in [-0.2, -0.15) is 5.10 Å². The molecule has 0 aromatic carbocycles. The zero-order chi connectivity index (χ0) is 14.7. The summed E-state index contributed by atoms with van der Waals surface area (Å²) >= 11 is 0.926. The highest BCUT2D eigenvalue weighted by Crippen LogP contribution is 2.29. The third-order valence-corrected chi connectivity index (χ3v) is 3.37. The number of nitrogens with zero attached hydrogens (tertiary/aromatic N) is 3. The molecule has 0 saturated carbocycles. The zero-order valence-corrected chi connectivity index (χ0v) is 11.6. The van der Waals surface area contributed by atoms with Crippen molar-refractivity contribution in [2.24, 2.45) is 0 Å². The molecule has 0 saturated heterocycles. The molecule has 2 aromatic rings. The van der Waals surface area contributed by atoms with Crippen molar-refractivity contribution in [1.82, 2.24) is 15.2 Å². The van der Waals surface area contributed by atoms with Crippen LogP contribution in [0.1, 0.15) is 32.9 Å². The maximum absolute atomic E-state index is 11.6. The van der Waals surface area contributed by atoms with E-state index in [1.54, 1.807) is 26.0 Å². The number of aromatic carboxylic acids is 1. The van der Waals surface area contributed by atoms with Crippen LogP contribution in [0.15, 0.2) is 12.1 Å². The van der Waals surface area contributed by atoms with Gasteiger partial charge in [-0.25, -0.2) is 14.6 Å². The number of aryl methyl sites for hydroxylation is 1. The first-order chi connectivity index (χ1) is 9.52. The Morgan fingerprint density at radius 3 is 2.65 bits per heavy atom. The summed E-state index contributed by atoms with van der Waals surface area (Å²) in [6, 6.07) is 3.34. The van der Waals surface area contributed by atoms with Crippen LogP contribution in [0.5, 0.6) is 0 Å². The van der Waals surface area contributed by atoms with E-state index in [1.165, 1.54) is 0 Å². The lowest BCUT2D eigenvalue weighted by molar-refractivity contribution is 0.0526. The van der Waals surface area contributed by atoms with Gasteiger partial charge in [-0.1, -0.05) is 0 Å². The summed E-state index contributed by atoms with van der Waals surface area (Å²) in [4.78, 5) is 26.9. The minimum absolute atomic E-state index is 0.0124. The molecule has 0 unspecified atom stereocenters. The summed E-state index contributed by atoms with van der Waals surface area (Å²) in [5.41, 5.74) is 0.845. The smallest absolute Gasteiger partial charge is 0.367 e. The van der Waals surface area contributed by atoms with Crippen molar-refractivity contribution in [2.45, 2.75) is 13.8 Å². The van der Waals surface area contributed by atoms with Crippen molar-refractivity contribution < 1.29 is 19.4 Å². The number of esters is 1. The molecular formula is C12H11N3O4S. The first kappa shape index (κ1) is 14.1. The Morgan fingerprint density at radius 2 is 2.10 bits per heavy atom. The van der Waals surface area contributed by atoms with Crippen molar-refractivity contribution >= 4 is 23.3 Å². The standard InChI is InChI=1S/C12H11N3O4S/c1-3-19-12(18)10-13-8(11(16)17)9(20-10)7-5-4-6(2)14-15-7/h4-5H,3H2,1-2H3,(H,16,17). The molecule has 2 heterocycles. The van der Waals surface area contributed by atoms with Gasteiger partial charge < -0.3 is 9.84 Å². The normalized spacial score (nSPS) is 10.3. The van der Waals surface area contributed by atoms with Gasteiger partial charge in [0.2, 0.25) is 5.01 Å². The molecular weight excluding hydrogens is 282 g/mol. The van der Waals surface area contributed by atoms with Crippen LogP contribution < -0.4 is 0 Å². The lowest BCUT2D eigenvalue weighted by atomic mass is 10.2. The first-order valence-electron chi connectivity index (χ1n) is 5.75. The van der Waals surface area contributed by atoms with E-state index in [0.29, 0.717) is 11.4 Å². The van der Waals surface area contributed by atoms with Crippen LogP contribution in [-0.2, 0) is 4.74 Å². The van der Waals surface area contributed by atoms with Crippen molar-refractivity contribution in [3.05, 3.63) is 28.5 Å². The van der Waals surface area contributed by atoms with Gasteiger partial charge in [0.05, 0.1) is 17.2 Å². The van der Waals surface area contributed by atoms with Crippen LogP contribution in [0.25, 0.3) is 10.6 Å². The van der Waals surface area contributed by atoms with Gasteiger partial charge in [-0.15, -0.1) is 16.4 Å². The molecule has 0 radical (unpaired) electrons. The average molecular weight is 293 g/mol. The molecule has 0 fully saturated rings. The summed E-state index contributed by atoms with van der Waals surface area (Å²) in [5, 5.41) is 16.9. The van der Waals surface area contributed by atoms with E-state index in [9.17, 15) is 9.59 Å². The minimum atomic E-state index is -1.23. The van der Waals surface area contributed by atoms with E-state index in [2.05, 4.69) is 15.2 Å². The van der Waals surface area contributed by atoms with E-state index in [4.69, 9.17) is 9.84 Å². The Labute approximate surface area is 118 Å². The molecule has 20 heavy (non-hydrogen) atoms. The molecule has 2 aromatic heterocycles. The number of aromatic nitrogens is 3. The number of hydrogen-bond donors (Lipinski definition) is 1. The number of carboxylic acid groups (broad SMARTS) is 1. The lowest BCUT2D eigenvalue weighted by Gasteiger charge is -1.97. The second-order valence-electron chi connectivity index (χ2n) is 3.78. The first-order valence-corrected chi connectivity index (χ1v) is 6.56. The minimum Gasteiger partial charge on any atom is -0.476 e. The molecule has 0 aliphatic carbocycles. The van der Waals surface area contributed by atoms with Crippen LogP contribution in [0, 0.1) is 6.92 Å². The van der Waals surface area contributed by atoms with Crippen molar-refractivity contribution in [2.75, 3.05) is 6.61 Å². The summed E-state index contributed by atoms with van der Waals surface area (Å²) < 4.78 is 4.81. The SMILES string of the molecule is CCOC(=O)c1nc(C(=O)O)c(-c2ccc(C)nn2)s1. The number of carbonyl (C=O) groups is 2. The number of carbonyl (C=O) groups excluding carboxylic acids is 1. The fraction of sp³-hybridized carbons (Fsp3) is 0.250. The highest BCUT2D eigenvalue weighted by atomic mass is 32.1. The maximum Gasteiger partial charge on any atom is 0.367 e. The maximum atomic E-state index is 11.6. The van der Waals surface area contributed by atoms with E-state index in [1.807, 2.05) is 0 Å². The molecule has 104 valence electrons. The number of rotatable bonds is 4. The number of ether oxygens (including phenoxy) is 1. The molecule has 0 amide bonds. The number of hydrogen-bond acceptors (Lipinski definition) is 7. The van der Waals surface area contributed by atoms with Gasteiger partial charge in [0.1, 0.15) is 5.69 Å². The fourth-order valence-corrected chi connectivity index (χ4v) is 2.35. The van der Waals surface area contributed by atoms with Crippen molar-refractivity contribution in [3.63, 3.8) is 0 Å². The van der Waals surface area contributed by atoms with Crippen LogP contribution >= 0.6 is 11.3 Å². The molecule has 7 nitrogen and oxygen atoms in total. The Balaban J connectivity index is 2.48. The van der Waals surface area contributed by atoms with Gasteiger partial charge in [-0.3, -0.25) is 0 Å². The Hall–Kier alpha value is -2.35. The predicted octanol–water partition coefficient (Wildman–Crippen LogP) is 1.78. The van der Waals surface area contributed by atoms with Gasteiger partial charge >= 0.3 is 11.9 Å². The van der Waals surface area contributed by atoms with Crippen LogP contribution in [-0.4, -0.2) is 38.8 Å². The molecule has 0 atom stereocenters. The molecule has 0 aliphatic heterocycles. The largest absolute Gasteiger partial charge is 0.476 e. The molecule has 0 aliphatic rings. The van der Waals surface area contributed by atoms with Crippen LogP contribution in [0.3, 0.4) is 0 Å². The third kappa shape index (κ3) is 2.80. The zero-order valence-electron chi connectivity index (χ0n) is 10.8. The molecule has 1 N–H and O–H groups in total. The number of carboxylic acids is 1. The summed E-state index contributed by atoms with van der Waals surface area (Å²) in [5.74, 6) is -1.87. The molecule has 8 heteroatoms. The summed E-state index contributed by atoms with van der Waals surface area (Å²) in [6.45, 7) is 3.63. The second-order valence-corrected chi connectivity index (χ2v) is 4.78. The van der Waals surface area contributed by atoms with Crippen molar-refractivity contribution in [3.8, 4) is 10.6 Å². The number of thiazole rings is 1. The van der Waals surface area contributed by atoms with Crippen LogP contribution in [0.4, 0.5) is 0 Å². The Kier molecular flexibility index (Phi) is 4.04. The lowest BCUT2D eigenvalue weighted by Crippen LogP contribution is -2.05. The summed E-state index contributed by atoms with van der Waals surface area (Å²) in [6.07, 6.45) is 0. The van der Waals surface area contributed by atoms with E-state index < -0.39 is 11.9 Å². The van der Waals surface area contributed by atoms with Crippen molar-refractivity contribution in [1.29, 1.82) is 0 Å². The molecule has 0 bridgehead atoms. The quantitative estimate of drug-likeness (QED) is 0.857. The second kappa shape index (κ2) is 5.74. The van der Waals surface area contributed by atoms with E-state index >= 15 is 0 Å². The molecule has 2 rings (SSSR count). The predicted molar refractivity (Wildman–Crippen MR) is 70.8 cm³/mol. The van der Waals surface area contributed by atoms with Crippen LogP contribution in [0.2, 0.25) is 0 Å². The van der Waals surface area contributed by atoms with E-state index in [-0.39, 0.29) is 22.2 Å². The third-order valence-electron chi connectivity index (χ3n) is 2.31. The van der Waals surface area contributed by atoms with E-state index in [0.717, 1.165) is 11.3 Å². The average Bonchev–Trinajstić information content (AvgIpc) is 2.85. The Morgan fingerprint density at radius 1 is 1.35 bits per heavy atom. The van der Waals surface area contributed by atoms with Gasteiger partial charge in [-0.05, 0) is 26.0 Å². The summed E-state index contributed by atoms with van der Waals surface area (Å²) in [7, 11) is 0. The fourth-order valence-electron chi connectivity index (χ4n) is 1.44. The topological polar surface area (TPSA) is 102 Å². The highest BCUT2D eigenvalue weighted by Gasteiger charge is 2.23. The Bertz CT molecular complexity index is 651. The highest BCUT2D eigenvalue weighted by molar-refractivity contribution is 7.17.